The fraction of sp³-hybridized carbons (Fsp3) is 0.0833. The Balaban J connectivity index is 2.12. The topological polar surface area (TPSA) is 84.1 Å². The van der Waals surface area contributed by atoms with Crippen molar-refractivity contribution in [2.24, 2.45) is 0 Å². The van der Waals surface area contributed by atoms with Gasteiger partial charge in [-0.15, -0.1) is 0 Å². The van der Waals surface area contributed by atoms with Gasteiger partial charge >= 0.3 is 0 Å². The molecule has 96 valence electrons. The van der Waals surface area contributed by atoms with Gasteiger partial charge in [0.25, 0.3) is 0 Å². The zero-order chi connectivity index (χ0) is 13.4. The maximum atomic E-state index is 11.7. The van der Waals surface area contributed by atoms with E-state index >= 15 is 0 Å². The number of aromatic nitrogens is 2. The predicted molar refractivity (Wildman–Crippen MR) is 76.2 cm³/mol. The summed E-state index contributed by atoms with van der Waals surface area (Å²) in [7, 11) is 0. The average Bonchev–Trinajstić information content (AvgIpc) is 2.36. The molecule has 0 aliphatic carbocycles. The molecule has 2 aromatic rings. The smallest absolute Gasteiger partial charge is 0.244 e. The zero-order valence-corrected chi connectivity index (χ0v) is 11.4. The fourth-order valence-electron chi connectivity index (χ4n) is 1.95. The third kappa shape index (κ3) is 2.24. The minimum absolute atomic E-state index is 0.110. The van der Waals surface area contributed by atoms with Crippen LogP contribution in [0.4, 0.5) is 23.1 Å². The lowest BCUT2D eigenvalue weighted by Gasteiger charge is -2.29. The largest absolute Gasteiger partial charge is 0.383 e. The Morgan fingerprint density at radius 3 is 2.89 bits per heavy atom. The highest BCUT2D eigenvalue weighted by atomic mass is 79.9. The van der Waals surface area contributed by atoms with Gasteiger partial charge in [-0.25, -0.2) is 4.98 Å². The minimum Gasteiger partial charge on any atom is -0.383 e. The van der Waals surface area contributed by atoms with Crippen LogP contribution >= 0.6 is 15.9 Å². The minimum atomic E-state index is -0.110. The number of hydrogen-bond donors (Lipinski definition) is 2. The summed E-state index contributed by atoms with van der Waals surface area (Å²) in [6.45, 7) is 0.160. The van der Waals surface area contributed by atoms with Crippen molar-refractivity contribution >= 4 is 45.0 Å². The Morgan fingerprint density at radius 2 is 2.11 bits per heavy atom. The summed E-state index contributed by atoms with van der Waals surface area (Å²) in [5.74, 6) is 0.635. The maximum absolute atomic E-state index is 11.7. The average molecular weight is 320 g/mol. The molecule has 0 radical (unpaired) electrons. The van der Waals surface area contributed by atoms with E-state index in [1.54, 1.807) is 11.0 Å². The van der Waals surface area contributed by atoms with Crippen LogP contribution in [0.15, 0.2) is 34.9 Å². The van der Waals surface area contributed by atoms with Crippen molar-refractivity contribution in [1.29, 1.82) is 0 Å². The lowest BCUT2D eigenvalue weighted by molar-refractivity contribution is -0.115. The van der Waals surface area contributed by atoms with Crippen molar-refractivity contribution in [1.82, 2.24) is 9.97 Å². The quantitative estimate of drug-likeness (QED) is 0.784. The number of rotatable bonds is 1. The molecular formula is C12H10BrN5O. The number of carbonyl (C=O) groups excluding carboxylic acids is 1. The molecule has 3 N–H and O–H groups in total. The normalized spacial score (nSPS) is 13.9. The Bertz CT molecular complexity index is 640. The zero-order valence-electron chi connectivity index (χ0n) is 9.80. The molecule has 19 heavy (non-hydrogen) atoms. The van der Waals surface area contributed by atoms with Crippen LogP contribution in [0.1, 0.15) is 0 Å². The molecule has 0 bridgehead atoms. The number of nitrogen functional groups attached to an aromatic ring is 1. The molecule has 1 aromatic carbocycles. The van der Waals surface area contributed by atoms with Gasteiger partial charge in [-0.1, -0.05) is 12.1 Å². The number of carbonyl (C=O) groups is 1. The van der Waals surface area contributed by atoms with E-state index in [1.165, 1.54) is 0 Å². The van der Waals surface area contributed by atoms with E-state index in [0.29, 0.717) is 16.4 Å². The van der Waals surface area contributed by atoms with E-state index < -0.39 is 0 Å². The predicted octanol–water partition coefficient (Wildman–Crippen LogP) is 1.91. The first kappa shape index (κ1) is 11.9. The molecule has 7 heteroatoms. The Morgan fingerprint density at radius 1 is 1.32 bits per heavy atom. The molecule has 0 saturated carbocycles. The van der Waals surface area contributed by atoms with Crippen LogP contribution in [-0.4, -0.2) is 22.4 Å². The van der Waals surface area contributed by atoms with Crippen LogP contribution in [0.25, 0.3) is 0 Å². The summed E-state index contributed by atoms with van der Waals surface area (Å²) in [4.78, 5) is 21.9. The lowest BCUT2D eigenvalue weighted by Crippen LogP contribution is -2.36. The molecular weight excluding hydrogens is 310 g/mol. The molecule has 3 rings (SSSR count). The van der Waals surface area contributed by atoms with E-state index in [0.717, 1.165) is 11.4 Å². The molecule has 0 unspecified atom stereocenters. The Kier molecular flexibility index (Phi) is 2.83. The van der Waals surface area contributed by atoms with Crippen molar-refractivity contribution in [3.05, 3.63) is 34.9 Å². The van der Waals surface area contributed by atoms with Crippen LogP contribution < -0.4 is 16.0 Å². The SMILES string of the molecule is Nc1cc(Br)nc(N2CC(=O)Nc3ccccc32)n1. The van der Waals surface area contributed by atoms with Gasteiger partial charge < -0.3 is 11.1 Å². The first-order valence-electron chi connectivity index (χ1n) is 5.60. The van der Waals surface area contributed by atoms with Crippen LogP contribution in [0.2, 0.25) is 0 Å². The number of benzene rings is 1. The molecule has 0 atom stereocenters. The molecule has 0 fully saturated rings. The lowest BCUT2D eigenvalue weighted by atomic mass is 10.2. The van der Waals surface area contributed by atoms with Crippen LogP contribution in [0.5, 0.6) is 0 Å². The van der Waals surface area contributed by atoms with Gasteiger partial charge in [0.1, 0.15) is 17.0 Å². The molecule has 1 amide bonds. The first-order chi connectivity index (χ1) is 9.13. The van der Waals surface area contributed by atoms with Gasteiger partial charge in [-0.3, -0.25) is 9.69 Å². The summed E-state index contributed by atoms with van der Waals surface area (Å²) in [6, 6.07) is 9.10. The van der Waals surface area contributed by atoms with Crippen LogP contribution in [0, 0.1) is 0 Å². The summed E-state index contributed by atoms with van der Waals surface area (Å²) in [5.41, 5.74) is 7.30. The number of para-hydroxylation sites is 2. The molecule has 2 heterocycles. The number of fused-ring (bicyclic) bond motifs is 1. The third-order valence-electron chi connectivity index (χ3n) is 2.71. The number of nitrogens with zero attached hydrogens (tertiary/aromatic N) is 3. The first-order valence-corrected chi connectivity index (χ1v) is 6.39. The van der Waals surface area contributed by atoms with Gasteiger partial charge in [0.15, 0.2) is 0 Å². The molecule has 1 aliphatic heterocycles. The van der Waals surface area contributed by atoms with E-state index in [1.807, 2.05) is 24.3 Å². The Hall–Kier alpha value is -2.15. The van der Waals surface area contributed by atoms with Crippen LogP contribution in [-0.2, 0) is 4.79 Å². The number of halogens is 1. The summed E-state index contributed by atoms with van der Waals surface area (Å²) in [5, 5.41) is 2.81. The van der Waals surface area contributed by atoms with Gasteiger partial charge in [0, 0.05) is 6.07 Å². The number of nitrogens with one attached hydrogen (secondary N) is 1. The number of nitrogens with two attached hydrogens (primary N) is 1. The molecule has 1 aliphatic rings. The highest BCUT2D eigenvalue weighted by Crippen LogP contribution is 2.33. The number of hydrogen-bond acceptors (Lipinski definition) is 5. The second kappa shape index (κ2) is 4.51. The summed E-state index contributed by atoms with van der Waals surface area (Å²) < 4.78 is 0.582. The third-order valence-corrected chi connectivity index (χ3v) is 3.12. The van der Waals surface area contributed by atoms with Gasteiger partial charge in [-0.2, -0.15) is 4.98 Å². The highest BCUT2D eigenvalue weighted by Gasteiger charge is 2.24. The monoisotopic (exact) mass is 319 g/mol. The summed E-state index contributed by atoms with van der Waals surface area (Å²) in [6.07, 6.45) is 0. The van der Waals surface area contributed by atoms with Gasteiger partial charge in [-0.05, 0) is 28.1 Å². The van der Waals surface area contributed by atoms with Crippen molar-refractivity contribution in [3.63, 3.8) is 0 Å². The maximum Gasteiger partial charge on any atom is 0.244 e. The number of amides is 1. The summed E-state index contributed by atoms with van der Waals surface area (Å²) >= 11 is 3.28. The van der Waals surface area contributed by atoms with E-state index in [4.69, 9.17) is 5.73 Å². The second-order valence-corrected chi connectivity index (χ2v) is 4.88. The molecule has 1 aromatic heterocycles. The number of anilines is 4. The Labute approximate surface area is 117 Å². The molecule has 0 spiro atoms. The van der Waals surface area contributed by atoms with E-state index in [-0.39, 0.29) is 12.5 Å². The molecule has 6 nitrogen and oxygen atoms in total. The van der Waals surface area contributed by atoms with Crippen molar-refractivity contribution in [2.45, 2.75) is 0 Å². The van der Waals surface area contributed by atoms with Gasteiger partial charge in [0.05, 0.1) is 11.4 Å². The van der Waals surface area contributed by atoms with Crippen molar-refractivity contribution < 1.29 is 4.79 Å². The highest BCUT2D eigenvalue weighted by molar-refractivity contribution is 9.10. The van der Waals surface area contributed by atoms with Crippen LogP contribution in [0.3, 0.4) is 0 Å². The fourth-order valence-corrected chi connectivity index (χ4v) is 2.35. The molecule has 0 saturated heterocycles. The second-order valence-electron chi connectivity index (χ2n) is 4.07. The van der Waals surface area contributed by atoms with Crippen molar-refractivity contribution in [2.75, 3.05) is 22.5 Å². The van der Waals surface area contributed by atoms with Crippen molar-refractivity contribution in [3.8, 4) is 0 Å². The van der Waals surface area contributed by atoms with Gasteiger partial charge in [0.2, 0.25) is 11.9 Å². The van der Waals surface area contributed by atoms with E-state index in [2.05, 4.69) is 31.2 Å². The standard InChI is InChI=1S/C12H10BrN5O/c13-9-5-10(14)17-12(16-9)18-6-11(19)15-7-3-1-2-4-8(7)18/h1-5H,6H2,(H,15,19)(H2,14,16,17). The van der Waals surface area contributed by atoms with E-state index in [9.17, 15) is 4.79 Å².